The number of aryl methyl sites for hydroxylation is 2. The number of para-hydroxylation sites is 2. The lowest BCUT2D eigenvalue weighted by atomic mass is 9.69. The van der Waals surface area contributed by atoms with Gasteiger partial charge >= 0.3 is 0 Å². The van der Waals surface area contributed by atoms with Crippen molar-refractivity contribution in [2.75, 3.05) is 9.80 Å². The molecule has 3 aromatic carbocycles. The Balaban J connectivity index is 1.67. The quantitative estimate of drug-likeness (QED) is 0.338. The molecule has 1 aromatic heterocycles. The Morgan fingerprint density at radius 1 is 0.788 bits per heavy atom. The number of anilines is 4. The molecule has 2 aliphatic heterocycles. The summed E-state index contributed by atoms with van der Waals surface area (Å²) in [5.41, 5.74) is 8.47. The highest BCUT2D eigenvalue weighted by Gasteiger charge is 2.50. The summed E-state index contributed by atoms with van der Waals surface area (Å²) in [6, 6.07) is 24.0. The molecule has 166 valence electrons. The van der Waals surface area contributed by atoms with Crippen LogP contribution in [0.25, 0.3) is 11.0 Å². The van der Waals surface area contributed by atoms with Gasteiger partial charge in [-0.2, -0.15) is 0 Å². The summed E-state index contributed by atoms with van der Waals surface area (Å²) in [6.45, 7) is 9.02. The molecular weight excluding hydrogens is 404 g/mol. The Hall–Kier alpha value is -3.40. The summed E-state index contributed by atoms with van der Waals surface area (Å²) in [4.78, 5) is 15.3. The van der Waals surface area contributed by atoms with E-state index in [1.54, 1.807) is 0 Å². The minimum absolute atomic E-state index is 0.133. The molecule has 2 aliphatic rings. The number of hydrogen-bond donors (Lipinski definition) is 0. The molecule has 4 aromatic rings. The van der Waals surface area contributed by atoms with Crippen LogP contribution in [0.2, 0.25) is 0 Å². The van der Waals surface area contributed by atoms with Crippen LogP contribution in [0.3, 0.4) is 0 Å². The van der Waals surface area contributed by atoms with Crippen molar-refractivity contribution in [3.8, 4) is 0 Å². The number of fused-ring (bicyclic) bond motifs is 6. The third-order valence-corrected chi connectivity index (χ3v) is 7.78. The zero-order valence-electron chi connectivity index (χ0n) is 19.8. The number of nitrogens with zero attached hydrogens (tertiary/aromatic N) is 4. The molecular formula is C29H30N4. The van der Waals surface area contributed by atoms with Crippen LogP contribution in [0.1, 0.15) is 49.8 Å². The average Bonchev–Trinajstić information content (AvgIpc) is 3.14. The maximum Gasteiger partial charge on any atom is 0.179 e. The van der Waals surface area contributed by atoms with E-state index in [1.807, 2.05) is 12.1 Å². The fraction of sp³-hybridized carbons (Fsp3) is 0.310. The van der Waals surface area contributed by atoms with Crippen LogP contribution in [-0.2, 0) is 5.41 Å². The third-order valence-electron chi connectivity index (χ3n) is 7.78. The highest BCUT2D eigenvalue weighted by atomic mass is 15.5. The first-order chi connectivity index (χ1) is 16.0. The monoisotopic (exact) mass is 434 g/mol. The first-order valence-electron chi connectivity index (χ1n) is 12.1. The van der Waals surface area contributed by atoms with Crippen LogP contribution in [-0.4, -0.2) is 16.1 Å². The van der Waals surface area contributed by atoms with E-state index >= 15 is 0 Å². The standard InChI is InChI=1S/C29H30N4/c1-5-29(6-2)18-26-32(21-11-9-10-19(3)16-21)27-28(31-24-13-8-7-12-23(24)30-27)33(26)25-17-20(4)14-15-22(25)29/h7-17,26H,5-6,18H2,1-4H3. The second-order valence-electron chi connectivity index (χ2n) is 9.63. The van der Waals surface area contributed by atoms with Gasteiger partial charge in [-0.3, -0.25) is 0 Å². The van der Waals surface area contributed by atoms with Crippen LogP contribution >= 0.6 is 0 Å². The van der Waals surface area contributed by atoms with Crippen molar-refractivity contribution in [2.24, 2.45) is 0 Å². The van der Waals surface area contributed by atoms with Gasteiger partial charge in [0, 0.05) is 16.8 Å². The molecule has 0 saturated heterocycles. The molecule has 0 bridgehead atoms. The van der Waals surface area contributed by atoms with E-state index in [-0.39, 0.29) is 11.6 Å². The van der Waals surface area contributed by atoms with E-state index in [9.17, 15) is 0 Å². The van der Waals surface area contributed by atoms with Gasteiger partial charge in [0.2, 0.25) is 0 Å². The Kier molecular flexibility index (Phi) is 4.48. The second kappa shape index (κ2) is 7.31. The minimum atomic E-state index is 0.133. The van der Waals surface area contributed by atoms with Crippen molar-refractivity contribution in [1.82, 2.24) is 9.97 Å². The van der Waals surface area contributed by atoms with Gasteiger partial charge in [-0.25, -0.2) is 9.97 Å². The molecule has 0 amide bonds. The van der Waals surface area contributed by atoms with Gasteiger partial charge in [0.1, 0.15) is 6.17 Å². The lowest BCUT2D eigenvalue weighted by Gasteiger charge is -2.47. The Morgan fingerprint density at radius 2 is 1.45 bits per heavy atom. The average molecular weight is 435 g/mol. The normalized spacial score (nSPS) is 18.2. The molecule has 0 N–H and O–H groups in total. The van der Waals surface area contributed by atoms with Crippen molar-refractivity contribution in [3.05, 3.63) is 83.4 Å². The van der Waals surface area contributed by atoms with E-state index in [0.717, 1.165) is 41.9 Å². The zero-order valence-corrected chi connectivity index (χ0v) is 19.8. The molecule has 0 fully saturated rings. The minimum Gasteiger partial charge on any atom is -0.302 e. The van der Waals surface area contributed by atoms with Gasteiger partial charge in [0.05, 0.1) is 11.0 Å². The summed E-state index contributed by atoms with van der Waals surface area (Å²) >= 11 is 0. The lowest BCUT2D eigenvalue weighted by molar-refractivity contribution is 0.322. The summed E-state index contributed by atoms with van der Waals surface area (Å²) < 4.78 is 0. The molecule has 6 rings (SSSR count). The largest absolute Gasteiger partial charge is 0.302 e. The van der Waals surface area contributed by atoms with Crippen molar-refractivity contribution >= 4 is 34.0 Å². The number of rotatable bonds is 3. The van der Waals surface area contributed by atoms with Gasteiger partial charge in [0.25, 0.3) is 0 Å². The highest BCUT2D eigenvalue weighted by molar-refractivity contribution is 5.91. The molecule has 0 radical (unpaired) electrons. The van der Waals surface area contributed by atoms with E-state index in [4.69, 9.17) is 9.97 Å². The molecule has 4 heteroatoms. The summed E-state index contributed by atoms with van der Waals surface area (Å²) in [5.74, 6) is 1.92. The van der Waals surface area contributed by atoms with Crippen LogP contribution in [0.4, 0.5) is 23.0 Å². The molecule has 0 saturated carbocycles. The van der Waals surface area contributed by atoms with Gasteiger partial charge in [-0.15, -0.1) is 0 Å². The van der Waals surface area contributed by atoms with Crippen molar-refractivity contribution in [2.45, 2.75) is 58.5 Å². The molecule has 0 aliphatic carbocycles. The van der Waals surface area contributed by atoms with E-state index < -0.39 is 0 Å². The van der Waals surface area contributed by atoms with Crippen molar-refractivity contribution in [3.63, 3.8) is 0 Å². The Morgan fingerprint density at radius 3 is 2.12 bits per heavy atom. The van der Waals surface area contributed by atoms with E-state index in [0.29, 0.717) is 0 Å². The Labute approximate surface area is 195 Å². The van der Waals surface area contributed by atoms with Crippen LogP contribution in [0, 0.1) is 13.8 Å². The third kappa shape index (κ3) is 2.90. The van der Waals surface area contributed by atoms with Crippen LogP contribution in [0.5, 0.6) is 0 Å². The van der Waals surface area contributed by atoms with Crippen LogP contribution < -0.4 is 9.80 Å². The summed E-state index contributed by atoms with van der Waals surface area (Å²) in [6.07, 6.45) is 3.42. The van der Waals surface area contributed by atoms with Gasteiger partial charge in [-0.1, -0.05) is 50.2 Å². The van der Waals surface area contributed by atoms with Gasteiger partial charge in [0.15, 0.2) is 11.6 Å². The molecule has 0 spiro atoms. The van der Waals surface area contributed by atoms with Crippen LogP contribution in [0.15, 0.2) is 66.7 Å². The van der Waals surface area contributed by atoms with Crippen molar-refractivity contribution in [1.29, 1.82) is 0 Å². The molecule has 33 heavy (non-hydrogen) atoms. The summed E-state index contributed by atoms with van der Waals surface area (Å²) in [5, 5.41) is 0. The van der Waals surface area contributed by atoms with Crippen molar-refractivity contribution < 1.29 is 0 Å². The fourth-order valence-corrected chi connectivity index (χ4v) is 5.90. The zero-order chi connectivity index (χ0) is 22.7. The fourth-order valence-electron chi connectivity index (χ4n) is 5.90. The lowest BCUT2D eigenvalue weighted by Crippen LogP contribution is -2.48. The molecule has 1 atom stereocenters. The SMILES string of the molecule is CCC1(CC)CC2N(c3cccc(C)c3)c3nc4ccccc4nc3N2c2cc(C)ccc21. The first kappa shape index (κ1) is 20.2. The van der Waals surface area contributed by atoms with Gasteiger partial charge < -0.3 is 9.80 Å². The smallest absolute Gasteiger partial charge is 0.179 e. The predicted octanol–water partition coefficient (Wildman–Crippen LogP) is 7.32. The first-order valence-corrected chi connectivity index (χ1v) is 12.1. The molecule has 4 nitrogen and oxygen atoms in total. The van der Waals surface area contributed by atoms with E-state index in [1.165, 1.54) is 28.1 Å². The molecule has 1 unspecified atom stereocenters. The highest BCUT2D eigenvalue weighted by Crippen LogP contribution is 2.56. The summed E-state index contributed by atoms with van der Waals surface area (Å²) in [7, 11) is 0. The Bertz CT molecular complexity index is 1370. The number of hydrogen-bond acceptors (Lipinski definition) is 4. The number of benzene rings is 3. The number of aromatic nitrogens is 2. The van der Waals surface area contributed by atoms with Gasteiger partial charge in [-0.05, 0) is 80.1 Å². The maximum absolute atomic E-state index is 5.19. The van der Waals surface area contributed by atoms with E-state index in [2.05, 4.69) is 92.1 Å². The predicted molar refractivity (Wildman–Crippen MR) is 137 cm³/mol. The molecule has 3 heterocycles. The maximum atomic E-state index is 5.19. The topological polar surface area (TPSA) is 32.3 Å². The second-order valence-corrected chi connectivity index (χ2v) is 9.63.